The Balaban J connectivity index is 2.10. The van der Waals surface area contributed by atoms with Crippen molar-refractivity contribution in [2.45, 2.75) is 25.3 Å². The lowest BCUT2D eigenvalue weighted by molar-refractivity contribution is 0.0978. The molecule has 0 aliphatic rings. The number of amides is 1. The SMILES string of the molecule is CCN(CC)S(=O)(=O)c1ccc(F)c(C(=O)N(Cc2ccco2)c2ccc(F)cc2F)c1. The molecule has 170 valence electrons. The van der Waals surface area contributed by atoms with Gasteiger partial charge in [-0.3, -0.25) is 9.69 Å². The fraction of sp³-hybridized carbons (Fsp3) is 0.227. The van der Waals surface area contributed by atoms with E-state index in [2.05, 4.69) is 0 Å². The van der Waals surface area contributed by atoms with E-state index in [-0.39, 0.29) is 36.0 Å². The van der Waals surface area contributed by atoms with E-state index in [0.29, 0.717) is 6.07 Å². The second-order valence-corrected chi connectivity index (χ2v) is 8.74. The smallest absolute Gasteiger partial charge is 0.261 e. The molecule has 0 saturated heterocycles. The van der Waals surface area contributed by atoms with E-state index in [0.717, 1.165) is 39.5 Å². The van der Waals surface area contributed by atoms with Crippen LogP contribution >= 0.6 is 0 Å². The fourth-order valence-corrected chi connectivity index (χ4v) is 4.70. The molecule has 0 atom stereocenters. The molecule has 1 amide bonds. The van der Waals surface area contributed by atoms with Gasteiger partial charge in [0.1, 0.15) is 23.2 Å². The van der Waals surface area contributed by atoms with Gasteiger partial charge in [-0.15, -0.1) is 0 Å². The third-order valence-electron chi connectivity index (χ3n) is 4.85. The van der Waals surface area contributed by atoms with Crippen molar-refractivity contribution >= 4 is 21.6 Å². The van der Waals surface area contributed by atoms with Crippen molar-refractivity contribution in [3.63, 3.8) is 0 Å². The van der Waals surface area contributed by atoms with Crippen molar-refractivity contribution in [2.75, 3.05) is 18.0 Å². The number of sulfonamides is 1. The lowest BCUT2D eigenvalue weighted by atomic mass is 10.1. The predicted octanol–water partition coefficient (Wildman–Crippen LogP) is 4.57. The zero-order chi connectivity index (χ0) is 23.5. The van der Waals surface area contributed by atoms with Crippen LogP contribution in [0.25, 0.3) is 0 Å². The Bertz CT molecular complexity index is 1210. The van der Waals surface area contributed by atoms with E-state index in [1.165, 1.54) is 12.3 Å². The molecule has 1 aromatic heterocycles. The minimum absolute atomic E-state index is 0.185. The third-order valence-corrected chi connectivity index (χ3v) is 6.90. The molecule has 0 aliphatic heterocycles. The van der Waals surface area contributed by atoms with Crippen molar-refractivity contribution in [1.29, 1.82) is 0 Å². The number of benzene rings is 2. The Hall–Kier alpha value is -3.11. The maximum Gasteiger partial charge on any atom is 0.261 e. The van der Waals surface area contributed by atoms with Crippen LogP contribution in [0.15, 0.2) is 64.1 Å². The Morgan fingerprint density at radius 3 is 2.28 bits per heavy atom. The molecule has 0 saturated carbocycles. The summed E-state index contributed by atoms with van der Waals surface area (Å²) in [6, 6.07) is 8.52. The van der Waals surface area contributed by atoms with Gasteiger partial charge < -0.3 is 4.42 Å². The van der Waals surface area contributed by atoms with E-state index < -0.39 is 38.9 Å². The minimum Gasteiger partial charge on any atom is -0.467 e. The summed E-state index contributed by atoms with van der Waals surface area (Å²) in [4.78, 5) is 13.9. The molecule has 0 fully saturated rings. The van der Waals surface area contributed by atoms with Crippen LogP contribution in [0.4, 0.5) is 18.9 Å². The molecule has 0 aliphatic carbocycles. The normalized spacial score (nSPS) is 11.7. The molecule has 3 rings (SSSR count). The number of carbonyl (C=O) groups excluding carboxylic acids is 1. The number of nitrogens with zero attached hydrogens (tertiary/aromatic N) is 2. The molecule has 32 heavy (non-hydrogen) atoms. The van der Waals surface area contributed by atoms with Crippen molar-refractivity contribution in [3.8, 4) is 0 Å². The maximum atomic E-state index is 14.7. The van der Waals surface area contributed by atoms with E-state index >= 15 is 0 Å². The molecule has 0 spiro atoms. The van der Waals surface area contributed by atoms with Crippen molar-refractivity contribution in [1.82, 2.24) is 4.31 Å². The number of hydrogen-bond donors (Lipinski definition) is 0. The second kappa shape index (κ2) is 9.58. The Morgan fingerprint density at radius 1 is 0.969 bits per heavy atom. The first kappa shape index (κ1) is 23.6. The Kier molecular flexibility index (Phi) is 7.05. The summed E-state index contributed by atoms with van der Waals surface area (Å²) in [5.74, 6) is -3.64. The predicted molar refractivity (Wildman–Crippen MR) is 112 cm³/mol. The molecule has 2 aromatic carbocycles. The maximum absolute atomic E-state index is 14.7. The molecule has 10 heteroatoms. The van der Waals surface area contributed by atoms with Gasteiger partial charge in [0.15, 0.2) is 0 Å². The average Bonchev–Trinajstić information content (AvgIpc) is 3.26. The highest BCUT2D eigenvalue weighted by molar-refractivity contribution is 7.89. The number of rotatable bonds is 8. The third kappa shape index (κ3) is 4.71. The molecule has 1 heterocycles. The number of hydrogen-bond acceptors (Lipinski definition) is 4. The number of carbonyl (C=O) groups is 1. The minimum atomic E-state index is -3.97. The van der Waals surface area contributed by atoms with Gasteiger partial charge in [-0.1, -0.05) is 13.8 Å². The zero-order valence-corrected chi connectivity index (χ0v) is 18.2. The molecule has 0 N–H and O–H groups in total. The zero-order valence-electron chi connectivity index (χ0n) is 17.4. The van der Waals surface area contributed by atoms with E-state index in [4.69, 9.17) is 4.42 Å². The summed E-state index contributed by atoms with van der Waals surface area (Å²) >= 11 is 0. The first-order chi connectivity index (χ1) is 15.2. The van der Waals surface area contributed by atoms with Crippen LogP contribution in [0.3, 0.4) is 0 Å². The summed E-state index contributed by atoms with van der Waals surface area (Å²) in [5, 5.41) is 0. The molecule has 0 radical (unpaired) electrons. The van der Waals surface area contributed by atoms with Crippen LogP contribution in [0.5, 0.6) is 0 Å². The summed E-state index contributed by atoms with van der Waals surface area (Å²) in [6.45, 7) is 3.38. The van der Waals surface area contributed by atoms with Crippen LogP contribution < -0.4 is 4.90 Å². The number of halogens is 3. The van der Waals surface area contributed by atoms with Crippen LogP contribution in [-0.4, -0.2) is 31.7 Å². The molecular weight excluding hydrogens is 445 g/mol. The highest BCUT2D eigenvalue weighted by Gasteiger charge is 2.28. The second-order valence-electron chi connectivity index (χ2n) is 6.80. The Morgan fingerprint density at radius 2 is 1.69 bits per heavy atom. The van der Waals surface area contributed by atoms with Crippen LogP contribution in [0, 0.1) is 17.5 Å². The van der Waals surface area contributed by atoms with Gasteiger partial charge in [0.05, 0.1) is 29.0 Å². The highest BCUT2D eigenvalue weighted by atomic mass is 32.2. The van der Waals surface area contributed by atoms with E-state index in [1.807, 2.05) is 0 Å². The highest BCUT2D eigenvalue weighted by Crippen LogP contribution is 2.27. The van der Waals surface area contributed by atoms with Gasteiger partial charge in [0.25, 0.3) is 5.91 Å². The van der Waals surface area contributed by atoms with Crippen LogP contribution in [0.2, 0.25) is 0 Å². The summed E-state index contributed by atoms with van der Waals surface area (Å²) in [5.41, 5.74) is -0.891. The first-order valence-electron chi connectivity index (χ1n) is 9.78. The largest absolute Gasteiger partial charge is 0.467 e. The first-order valence-corrected chi connectivity index (χ1v) is 11.2. The molecule has 0 unspecified atom stereocenters. The fourth-order valence-electron chi connectivity index (χ4n) is 3.21. The average molecular weight is 466 g/mol. The van der Waals surface area contributed by atoms with Gasteiger partial charge in [-0.2, -0.15) is 4.31 Å². The standard InChI is InChI=1S/C22H21F3N2O4S/c1-3-26(4-2)32(29,30)17-8-9-19(24)18(13-17)22(28)27(14-16-6-5-11-31-16)21-10-7-15(23)12-20(21)25/h5-13H,3-4,14H2,1-2H3. The lowest BCUT2D eigenvalue weighted by Gasteiger charge is -2.23. The molecule has 0 bridgehead atoms. The molecular formula is C22H21F3N2O4S. The quantitative estimate of drug-likeness (QED) is 0.488. The van der Waals surface area contributed by atoms with Crippen molar-refractivity contribution in [3.05, 3.63) is 83.6 Å². The van der Waals surface area contributed by atoms with Gasteiger partial charge in [0, 0.05) is 19.2 Å². The van der Waals surface area contributed by atoms with Crippen molar-refractivity contribution in [2.24, 2.45) is 0 Å². The van der Waals surface area contributed by atoms with Gasteiger partial charge in [0.2, 0.25) is 10.0 Å². The Labute approximate surface area is 183 Å². The lowest BCUT2D eigenvalue weighted by Crippen LogP contribution is -2.33. The monoisotopic (exact) mass is 466 g/mol. The number of furan rings is 1. The van der Waals surface area contributed by atoms with Gasteiger partial charge in [-0.25, -0.2) is 21.6 Å². The summed E-state index contributed by atoms with van der Waals surface area (Å²) in [6.07, 6.45) is 1.34. The van der Waals surface area contributed by atoms with Gasteiger partial charge >= 0.3 is 0 Å². The van der Waals surface area contributed by atoms with Crippen LogP contribution in [-0.2, 0) is 16.6 Å². The van der Waals surface area contributed by atoms with E-state index in [9.17, 15) is 26.4 Å². The van der Waals surface area contributed by atoms with Gasteiger partial charge in [-0.05, 0) is 42.5 Å². The van der Waals surface area contributed by atoms with Crippen LogP contribution in [0.1, 0.15) is 30.0 Å². The number of anilines is 1. The summed E-state index contributed by atoms with van der Waals surface area (Å²) in [7, 11) is -3.97. The topological polar surface area (TPSA) is 70.8 Å². The van der Waals surface area contributed by atoms with E-state index in [1.54, 1.807) is 19.9 Å². The summed E-state index contributed by atoms with van der Waals surface area (Å²) < 4.78 is 74.6. The molecule has 6 nitrogen and oxygen atoms in total. The van der Waals surface area contributed by atoms with Crippen molar-refractivity contribution < 1.29 is 30.8 Å². The molecule has 3 aromatic rings.